The van der Waals surface area contributed by atoms with Crippen molar-refractivity contribution >= 4 is 29.4 Å². The zero-order valence-electron chi connectivity index (χ0n) is 15.6. The molecule has 1 unspecified atom stereocenters. The van der Waals surface area contributed by atoms with Crippen LogP contribution in [0.3, 0.4) is 0 Å². The van der Waals surface area contributed by atoms with Gasteiger partial charge in [0.2, 0.25) is 11.8 Å². The highest BCUT2D eigenvalue weighted by atomic mass is 35.5. The summed E-state index contributed by atoms with van der Waals surface area (Å²) in [7, 11) is 0. The summed E-state index contributed by atoms with van der Waals surface area (Å²) in [6.07, 6.45) is 0.326. The van der Waals surface area contributed by atoms with E-state index in [1.54, 1.807) is 18.2 Å². The van der Waals surface area contributed by atoms with Gasteiger partial charge in [0.05, 0.1) is 12.5 Å². The van der Waals surface area contributed by atoms with Crippen molar-refractivity contribution in [1.29, 1.82) is 0 Å². The molecule has 0 fully saturated rings. The van der Waals surface area contributed by atoms with Crippen molar-refractivity contribution in [3.63, 3.8) is 0 Å². The molecular formula is C19H27ClN2O4. The smallest absolute Gasteiger partial charge is 0.326 e. The lowest BCUT2D eigenvalue weighted by Gasteiger charge is -2.21. The fourth-order valence-electron chi connectivity index (χ4n) is 2.75. The molecule has 6 nitrogen and oxygen atoms in total. The summed E-state index contributed by atoms with van der Waals surface area (Å²) in [4.78, 5) is 35.8. The molecule has 0 aliphatic rings. The van der Waals surface area contributed by atoms with Crippen LogP contribution in [0.15, 0.2) is 24.3 Å². The van der Waals surface area contributed by atoms with Crippen molar-refractivity contribution in [3.8, 4) is 0 Å². The standard InChI is InChI=1S/C19H27ClN2O4/c1-11(2)8-15(19(25)26)22-16(23)10-21-18(24)17(12(3)4)13-6-5-7-14(20)9-13/h5-7,9,11-12,15,17H,8,10H2,1-4H3,(H,21,24)(H,22,23)(H,25,26)/t15-,17?/m0/s1. The molecule has 2 atom stereocenters. The van der Waals surface area contributed by atoms with Gasteiger partial charge in [0.25, 0.3) is 0 Å². The van der Waals surface area contributed by atoms with E-state index in [0.717, 1.165) is 5.56 Å². The normalized spacial score (nSPS) is 13.3. The summed E-state index contributed by atoms with van der Waals surface area (Å²) in [5, 5.41) is 14.7. The fourth-order valence-corrected chi connectivity index (χ4v) is 2.95. The van der Waals surface area contributed by atoms with Crippen LogP contribution in [-0.4, -0.2) is 35.5 Å². The van der Waals surface area contributed by atoms with E-state index >= 15 is 0 Å². The van der Waals surface area contributed by atoms with Gasteiger partial charge in [0.15, 0.2) is 0 Å². The van der Waals surface area contributed by atoms with E-state index in [1.165, 1.54) is 0 Å². The molecule has 0 aromatic heterocycles. The van der Waals surface area contributed by atoms with Crippen molar-refractivity contribution in [3.05, 3.63) is 34.9 Å². The number of nitrogens with one attached hydrogen (secondary N) is 2. The van der Waals surface area contributed by atoms with Crippen LogP contribution >= 0.6 is 11.6 Å². The summed E-state index contributed by atoms with van der Waals surface area (Å²) in [6, 6.07) is 6.09. The predicted molar refractivity (Wildman–Crippen MR) is 101 cm³/mol. The second kappa shape index (κ2) is 10.2. The minimum absolute atomic E-state index is 0.00392. The molecule has 1 aromatic carbocycles. The second-order valence-electron chi connectivity index (χ2n) is 7.08. The van der Waals surface area contributed by atoms with Gasteiger partial charge in [-0.2, -0.15) is 0 Å². The van der Waals surface area contributed by atoms with E-state index in [9.17, 15) is 14.4 Å². The summed E-state index contributed by atoms with van der Waals surface area (Å²) in [6.45, 7) is 7.30. The van der Waals surface area contributed by atoms with Gasteiger partial charge in [-0.3, -0.25) is 9.59 Å². The molecule has 1 rings (SSSR count). The molecule has 2 amide bonds. The molecule has 1 aromatic rings. The molecule has 0 heterocycles. The Balaban J connectivity index is 2.70. The average Bonchev–Trinajstić information content (AvgIpc) is 2.51. The number of hydrogen-bond donors (Lipinski definition) is 3. The Kier molecular flexibility index (Phi) is 8.58. The molecule has 7 heteroatoms. The van der Waals surface area contributed by atoms with Gasteiger partial charge in [-0.1, -0.05) is 51.4 Å². The van der Waals surface area contributed by atoms with Crippen molar-refractivity contribution in [2.45, 2.75) is 46.1 Å². The first kappa shape index (κ1) is 22.0. The van der Waals surface area contributed by atoms with Crippen LogP contribution in [0.2, 0.25) is 5.02 Å². The molecule has 0 radical (unpaired) electrons. The predicted octanol–water partition coefficient (Wildman–Crippen LogP) is 2.81. The van der Waals surface area contributed by atoms with Crippen LogP contribution in [-0.2, 0) is 14.4 Å². The Labute approximate surface area is 159 Å². The monoisotopic (exact) mass is 382 g/mol. The Hall–Kier alpha value is -2.08. The average molecular weight is 383 g/mol. The molecule has 0 aliphatic heterocycles. The van der Waals surface area contributed by atoms with Crippen LogP contribution in [0.4, 0.5) is 0 Å². The maximum absolute atomic E-state index is 12.5. The van der Waals surface area contributed by atoms with E-state index in [-0.39, 0.29) is 24.3 Å². The topological polar surface area (TPSA) is 95.5 Å². The SMILES string of the molecule is CC(C)C[C@H](NC(=O)CNC(=O)C(c1cccc(Cl)c1)C(C)C)C(=O)O. The summed E-state index contributed by atoms with van der Waals surface area (Å²) < 4.78 is 0. The number of amides is 2. The highest BCUT2D eigenvalue weighted by Gasteiger charge is 2.26. The van der Waals surface area contributed by atoms with Gasteiger partial charge >= 0.3 is 5.97 Å². The van der Waals surface area contributed by atoms with E-state index in [0.29, 0.717) is 11.4 Å². The van der Waals surface area contributed by atoms with Crippen LogP contribution in [0.1, 0.15) is 45.6 Å². The molecule has 144 valence electrons. The Morgan fingerprint density at radius 1 is 1.15 bits per heavy atom. The van der Waals surface area contributed by atoms with Gasteiger partial charge in [-0.15, -0.1) is 0 Å². The van der Waals surface area contributed by atoms with Gasteiger partial charge in [-0.05, 0) is 36.0 Å². The van der Waals surface area contributed by atoms with E-state index in [4.69, 9.17) is 16.7 Å². The Bertz CT molecular complexity index is 646. The number of rotatable bonds is 9. The summed E-state index contributed by atoms with van der Waals surface area (Å²) >= 11 is 6.00. The molecule has 0 saturated carbocycles. The minimum atomic E-state index is -1.09. The van der Waals surface area contributed by atoms with Gasteiger partial charge < -0.3 is 15.7 Å². The first-order valence-electron chi connectivity index (χ1n) is 8.67. The minimum Gasteiger partial charge on any atom is -0.480 e. The first-order valence-corrected chi connectivity index (χ1v) is 9.05. The van der Waals surface area contributed by atoms with Crippen molar-refractivity contribution < 1.29 is 19.5 Å². The van der Waals surface area contributed by atoms with Crippen molar-refractivity contribution in [1.82, 2.24) is 10.6 Å². The van der Waals surface area contributed by atoms with Gasteiger partial charge in [-0.25, -0.2) is 4.79 Å². The van der Waals surface area contributed by atoms with E-state index in [2.05, 4.69) is 10.6 Å². The molecule has 0 spiro atoms. The summed E-state index contributed by atoms with van der Waals surface area (Å²) in [5.74, 6) is -2.23. The number of carboxylic acid groups (broad SMARTS) is 1. The lowest BCUT2D eigenvalue weighted by Crippen LogP contribution is -2.46. The number of carbonyl (C=O) groups is 3. The molecule has 0 bridgehead atoms. The second-order valence-corrected chi connectivity index (χ2v) is 7.52. The largest absolute Gasteiger partial charge is 0.480 e. The lowest BCUT2D eigenvalue weighted by molar-refractivity contribution is -0.142. The van der Waals surface area contributed by atoms with E-state index in [1.807, 2.05) is 33.8 Å². The molecule has 3 N–H and O–H groups in total. The maximum Gasteiger partial charge on any atom is 0.326 e. The van der Waals surface area contributed by atoms with Gasteiger partial charge in [0.1, 0.15) is 6.04 Å². The van der Waals surface area contributed by atoms with E-state index < -0.39 is 23.8 Å². The third kappa shape index (κ3) is 7.04. The highest BCUT2D eigenvalue weighted by Crippen LogP contribution is 2.26. The zero-order chi connectivity index (χ0) is 19.9. The van der Waals surface area contributed by atoms with Crippen LogP contribution in [0, 0.1) is 11.8 Å². The number of halogens is 1. The Morgan fingerprint density at radius 3 is 2.31 bits per heavy atom. The lowest BCUT2D eigenvalue weighted by atomic mass is 9.87. The first-order chi connectivity index (χ1) is 12.1. The van der Waals surface area contributed by atoms with Crippen LogP contribution < -0.4 is 10.6 Å². The highest BCUT2D eigenvalue weighted by molar-refractivity contribution is 6.30. The molecule has 26 heavy (non-hydrogen) atoms. The molecular weight excluding hydrogens is 356 g/mol. The molecule has 0 aliphatic carbocycles. The van der Waals surface area contributed by atoms with Crippen molar-refractivity contribution in [2.75, 3.05) is 6.54 Å². The number of aliphatic carboxylic acids is 1. The third-order valence-corrected chi connectivity index (χ3v) is 4.16. The fraction of sp³-hybridized carbons (Fsp3) is 0.526. The quantitative estimate of drug-likeness (QED) is 0.612. The molecule has 0 saturated heterocycles. The number of carboxylic acids is 1. The maximum atomic E-state index is 12.5. The summed E-state index contributed by atoms with van der Waals surface area (Å²) in [5.41, 5.74) is 0.772. The number of benzene rings is 1. The van der Waals surface area contributed by atoms with Gasteiger partial charge in [0, 0.05) is 5.02 Å². The zero-order valence-corrected chi connectivity index (χ0v) is 16.3. The van der Waals surface area contributed by atoms with Crippen molar-refractivity contribution in [2.24, 2.45) is 11.8 Å². The van der Waals surface area contributed by atoms with Crippen LogP contribution in [0.25, 0.3) is 0 Å². The number of carbonyl (C=O) groups excluding carboxylic acids is 2. The van der Waals surface area contributed by atoms with Crippen LogP contribution in [0.5, 0.6) is 0 Å². The third-order valence-electron chi connectivity index (χ3n) is 3.92. The Morgan fingerprint density at radius 2 is 1.81 bits per heavy atom. The number of hydrogen-bond acceptors (Lipinski definition) is 3.